The fraction of sp³-hybridized carbons (Fsp3) is 1.00. The monoisotopic (exact) mass is 290 g/mol. The highest BCUT2D eigenvalue weighted by Gasteiger charge is 2.37. The third-order valence-electron chi connectivity index (χ3n) is 4.38. The summed E-state index contributed by atoms with van der Waals surface area (Å²) in [6.07, 6.45) is 4.93. The minimum absolute atomic E-state index is 0.151. The molecule has 0 atom stereocenters. The highest BCUT2D eigenvalue weighted by molar-refractivity contribution is 7.89. The van der Waals surface area contributed by atoms with E-state index in [1.54, 1.807) is 4.31 Å². The molecule has 1 saturated heterocycles. The van der Waals surface area contributed by atoms with Crippen molar-refractivity contribution in [2.45, 2.75) is 62.8 Å². The van der Waals surface area contributed by atoms with Crippen LogP contribution in [-0.2, 0) is 14.8 Å². The second-order valence-electron chi connectivity index (χ2n) is 5.63. The van der Waals surface area contributed by atoms with E-state index in [4.69, 9.17) is 10.5 Å². The summed E-state index contributed by atoms with van der Waals surface area (Å²) >= 11 is 0. The first-order valence-electron chi connectivity index (χ1n) is 7.39. The molecule has 6 heteroatoms. The number of rotatable bonds is 4. The highest BCUT2D eigenvalue weighted by Crippen LogP contribution is 2.28. The van der Waals surface area contributed by atoms with Crippen LogP contribution in [0, 0.1) is 0 Å². The Kier molecular flexibility index (Phi) is 5.22. The van der Waals surface area contributed by atoms with Crippen LogP contribution in [0.4, 0.5) is 0 Å². The molecule has 0 aromatic carbocycles. The third kappa shape index (κ3) is 3.48. The zero-order valence-electron chi connectivity index (χ0n) is 11.8. The van der Waals surface area contributed by atoms with Crippen LogP contribution in [0.25, 0.3) is 0 Å². The maximum Gasteiger partial charge on any atom is 0.217 e. The zero-order valence-corrected chi connectivity index (χ0v) is 12.6. The topological polar surface area (TPSA) is 72.6 Å². The van der Waals surface area contributed by atoms with Crippen LogP contribution in [0.15, 0.2) is 0 Å². The first kappa shape index (κ1) is 15.2. The summed E-state index contributed by atoms with van der Waals surface area (Å²) < 4.78 is 32.5. The number of nitrogens with two attached hydrogens (primary N) is 1. The van der Waals surface area contributed by atoms with Crippen LogP contribution < -0.4 is 5.73 Å². The van der Waals surface area contributed by atoms with Crippen LogP contribution >= 0.6 is 0 Å². The quantitative estimate of drug-likeness (QED) is 0.841. The fourth-order valence-corrected chi connectivity index (χ4v) is 5.36. The normalized spacial score (nSPS) is 30.7. The van der Waals surface area contributed by atoms with E-state index < -0.39 is 10.0 Å². The lowest BCUT2D eigenvalue weighted by Crippen LogP contribution is -2.48. The molecule has 5 nitrogen and oxygen atoms in total. The molecule has 2 aliphatic rings. The van der Waals surface area contributed by atoms with Gasteiger partial charge in [0.15, 0.2) is 0 Å². The highest BCUT2D eigenvalue weighted by atomic mass is 32.2. The molecule has 1 heterocycles. The molecular formula is C13H26N2O3S. The Hall–Kier alpha value is -0.170. The van der Waals surface area contributed by atoms with Crippen molar-refractivity contribution in [2.24, 2.45) is 5.73 Å². The van der Waals surface area contributed by atoms with Gasteiger partial charge in [0.05, 0.1) is 5.25 Å². The maximum atomic E-state index is 12.7. The SMILES string of the molecule is CCN(C1CCC(N)CC1)S(=O)(=O)C1CCOCC1. The van der Waals surface area contributed by atoms with Gasteiger partial charge in [0.1, 0.15) is 0 Å². The van der Waals surface area contributed by atoms with Gasteiger partial charge in [-0.05, 0) is 38.5 Å². The van der Waals surface area contributed by atoms with Crippen LogP contribution in [0.1, 0.15) is 45.4 Å². The number of nitrogens with zero attached hydrogens (tertiary/aromatic N) is 1. The predicted octanol–water partition coefficient (Wildman–Crippen LogP) is 1.09. The summed E-state index contributed by atoms with van der Waals surface area (Å²) in [6.45, 7) is 3.64. The lowest BCUT2D eigenvalue weighted by Gasteiger charge is -2.37. The van der Waals surface area contributed by atoms with E-state index in [1.807, 2.05) is 6.92 Å². The summed E-state index contributed by atoms with van der Waals surface area (Å²) in [7, 11) is -3.18. The fourth-order valence-electron chi connectivity index (χ4n) is 3.20. The smallest absolute Gasteiger partial charge is 0.217 e. The molecule has 2 fully saturated rings. The Morgan fingerprint density at radius 3 is 2.21 bits per heavy atom. The molecule has 2 rings (SSSR count). The van der Waals surface area contributed by atoms with Gasteiger partial charge in [-0.2, -0.15) is 4.31 Å². The summed E-state index contributed by atoms with van der Waals surface area (Å²) in [5, 5.41) is -0.253. The molecule has 0 unspecified atom stereocenters. The third-order valence-corrected chi connectivity index (χ3v) is 6.90. The van der Waals surface area contributed by atoms with Crippen molar-refractivity contribution < 1.29 is 13.2 Å². The van der Waals surface area contributed by atoms with Gasteiger partial charge in [-0.1, -0.05) is 6.92 Å². The molecule has 1 aliphatic heterocycles. The van der Waals surface area contributed by atoms with Gasteiger partial charge in [0.25, 0.3) is 0 Å². The Labute approximate surface area is 116 Å². The minimum atomic E-state index is -3.18. The number of hydrogen-bond donors (Lipinski definition) is 1. The van der Waals surface area contributed by atoms with Gasteiger partial charge in [-0.25, -0.2) is 8.42 Å². The van der Waals surface area contributed by atoms with E-state index in [-0.39, 0.29) is 17.3 Å². The molecule has 2 N–H and O–H groups in total. The minimum Gasteiger partial charge on any atom is -0.381 e. The molecule has 0 bridgehead atoms. The van der Waals surface area contributed by atoms with Crippen LogP contribution in [0.3, 0.4) is 0 Å². The molecule has 0 aromatic rings. The largest absolute Gasteiger partial charge is 0.381 e. The van der Waals surface area contributed by atoms with Crippen molar-refractivity contribution in [3.05, 3.63) is 0 Å². The first-order chi connectivity index (χ1) is 9.05. The lowest BCUT2D eigenvalue weighted by molar-refractivity contribution is 0.0964. The van der Waals surface area contributed by atoms with Crippen molar-refractivity contribution in [3.8, 4) is 0 Å². The standard InChI is InChI=1S/C13H26N2O3S/c1-2-15(12-5-3-11(14)4-6-12)19(16,17)13-7-9-18-10-8-13/h11-13H,2-10,14H2,1H3. The van der Waals surface area contributed by atoms with Crippen molar-refractivity contribution >= 4 is 10.0 Å². The van der Waals surface area contributed by atoms with E-state index in [0.29, 0.717) is 32.6 Å². The maximum absolute atomic E-state index is 12.7. The van der Waals surface area contributed by atoms with Crippen molar-refractivity contribution in [3.63, 3.8) is 0 Å². The number of hydrogen-bond acceptors (Lipinski definition) is 4. The molecule has 1 saturated carbocycles. The van der Waals surface area contributed by atoms with Gasteiger partial charge < -0.3 is 10.5 Å². The van der Waals surface area contributed by atoms with Crippen LogP contribution in [0.5, 0.6) is 0 Å². The Morgan fingerprint density at radius 1 is 1.11 bits per heavy atom. The summed E-state index contributed by atoms with van der Waals surface area (Å²) in [6, 6.07) is 0.401. The molecule has 0 spiro atoms. The molecule has 112 valence electrons. The van der Waals surface area contributed by atoms with Gasteiger partial charge in [0.2, 0.25) is 10.0 Å². The van der Waals surface area contributed by atoms with Gasteiger partial charge in [-0.3, -0.25) is 0 Å². The molecular weight excluding hydrogens is 264 g/mol. The zero-order chi connectivity index (χ0) is 13.9. The Balaban J connectivity index is 2.06. The molecule has 0 radical (unpaired) electrons. The predicted molar refractivity (Wildman–Crippen MR) is 75.4 cm³/mol. The van der Waals surface area contributed by atoms with E-state index in [0.717, 1.165) is 25.7 Å². The lowest BCUT2D eigenvalue weighted by atomic mass is 9.92. The van der Waals surface area contributed by atoms with Crippen molar-refractivity contribution in [1.82, 2.24) is 4.31 Å². The van der Waals surface area contributed by atoms with E-state index in [1.165, 1.54) is 0 Å². The van der Waals surface area contributed by atoms with Crippen molar-refractivity contribution in [1.29, 1.82) is 0 Å². The second-order valence-corrected chi connectivity index (χ2v) is 7.79. The summed E-state index contributed by atoms with van der Waals surface area (Å²) in [4.78, 5) is 0. The molecule has 0 amide bonds. The molecule has 1 aliphatic carbocycles. The number of sulfonamides is 1. The average molecular weight is 290 g/mol. The first-order valence-corrected chi connectivity index (χ1v) is 8.90. The van der Waals surface area contributed by atoms with Crippen molar-refractivity contribution in [2.75, 3.05) is 19.8 Å². The Bertz CT molecular complexity index is 371. The molecule has 0 aromatic heterocycles. The Morgan fingerprint density at radius 2 is 1.68 bits per heavy atom. The van der Waals surface area contributed by atoms with E-state index >= 15 is 0 Å². The van der Waals surface area contributed by atoms with E-state index in [9.17, 15) is 8.42 Å². The number of ether oxygens (including phenoxy) is 1. The van der Waals surface area contributed by atoms with Crippen LogP contribution in [-0.4, -0.2) is 49.8 Å². The van der Waals surface area contributed by atoms with Gasteiger partial charge >= 0.3 is 0 Å². The van der Waals surface area contributed by atoms with Gasteiger partial charge in [0, 0.05) is 31.8 Å². The van der Waals surface area contributed by atoms with Gasteiger partial charge in [-0.15, -0.1) is 0 Å². The summed E-state index contributed by atoms with van der Waals surface area (Å²) in [5.41, 5.74) is 5.91. The van der Waals surface area contributed by atoms with E-state index in [2.05, 4.69) is 0 Å². The second kappa shape index (κ2) is 6.52. The summed E-state index contributed by atoms with van der Waals surface area (Å²) in [5.74, 6) is 0. The average Bonchev–Trinajstić information content (AvgIpc) is 2.42. The molecule has 19 heavy (non-hydrogen) atoms. The van der Waals surface area contributed by atoms with Crippen LogP contribution in [0.2, 0.25) is 0 Å².